The minimum atomic E-state index is -0.389. The highest BCUT2D eigenvalue weighted by molar-refractivity contribution is 5.94. The Kier molecular flexibility index (Phi) is 7.68. The number of ether oxygens (including phenoxy) is 1. The molecule has 1 aromatic heterocycles. The van der Waals surface area contributed by atoms with Crippen LogP contribution in [0.25, 0.3) is 11.0 Å². The molecule has 0 saturated heterocycles. The van der Waals surface area contributed by atoms with Crippen LogP contribution in [0.5, 0.6) is 5.75 Å². The molecule has 4 rings (SSSR count). The number of benzene rings is 3. The number of carbonyl (C=O) groups excluding carboxylic acids is 2. The largest absolute Gasteiger partial charge is 0.497 e. The molecule has 186 valence electrons. The molecular formula is C29H32N4O3. The lowest BCUT2D eigenvalue weighted by atomic mass is 10.1. The fourth-order valence-corrected chi connectivity index (χ4v) is 4.41. The summed E-state index contributed by atoms with van der Waals surface area (Å²) < 4.78 is 7.10. The SMILES string of the molecule is COc1ccc(CC(=O)NC(C)c2nc3ccccc3n2CC(=O)N(c2ccccc2)C(C)C)cc1. The molecule has 0 fully saturated rings. The number of nitrogens with one attached hydrogen (secondary N) is 1. The van der Waals surface area contributed by atoms with E-state index in [1.165, 1.54) is 0 Å². The van der Waals surface area contributed by atoms with Crippen molar-refractivity contribution in [3.05, 3.63) is 90.3 Å². The monoisotopic (exact) mass is 484 g/mol. The van der Waals surface area contributed by atoms with Crippen LogP contribution in [0.4, 0.5) is 5.69 Å². The van der Waals surface area contributed by atoms with E-state index in [1.807, 2.05) is 104 Å². The molecule has 0 aliphatic carbocycles. The Morgan fingerprint density at radius 3 is 2.28 bits per heavy atom. The van der Waals surface area contributed by atoms with Crippen molar-refractivity contribution < 1.29 is 14.3 Å². The molecule has 36 heavy (non-hydrogen) atoms. The van der Waals surface area contributed by atoms with Gasteiger partial charge >= 0.3 is 0 Å². The summed E-state index contributed by atoms with van der Waals surface area (Å²) in [6.07, 6.45) is 0.239. The van der Waals surface area contributed by atoms with Crippen molar-refractivity contribution in [2.24, 2.45) is 0 Å². The summed E-state index contributed by atoms with van der Waals surface area (Å²) >= 11 is 0. The van der Waals surface area contributed by atoms with Crippen molar-refractivity contribution in [3.63, 3.8) is 0 Å². The topological polar surface area (TPSA) is 76.5 Å². The number of hydrogen-bond acceptors (Lipinski definition) is 4. The first-order chi connectivity index (χ1) is 17.4. The van der Waals surface area contributed by atoms with E-state index >= 15 is 0 Å². The number of rotatable bonds is 9. The van der Waals surface area contributed by atoms with Crippen LogP contribution < -0.4 is 15.0 Å². The first-order valence-electron chi connectivity index (χ1n) is 12.1. The van der Waals surface area contributed by atoms with Gasteiger partial charge in [0, 0.05) is 11.7 Å². The van der Waals surface area contributed by atoms with Gasteiger partial charge in [-0.05, 0) is 62.7 Å². The fraction of sp³-hybridized carbons (Fsp3) is 0.276. The van der Waals surface area contributed by atoms with Crippen LogP contribution in [-0.2, 0) is 22.6 Å². The molecule has 1 N–H and O–H groups in total. The summed E-state index contributed by atoms with van der Waals surface area (Å²) in [7, 11) is 1.61. The molecule has 3 aromatic carbocycles. The van der Waals surface area contributed by atoms with E-state index < -0.39 is 0 Å². The van der Waals surface area contributed by atoms with E-state index in [4.69, 9.17) is 9.72 Å². The lowest BCUT2D eigenvalue weighted by Gasteiger charge is -2.28. The van der Waals surface area contributed by atoms with E-state index in [9.17, 15) is 9.59 Å². The average molecular weight is 485 g/mol. The van der Waals surface area contributed by atoms with Crippen molar-refractivity contribution >= 4 is 28.5 Å². The molecule has 1 unspecified atom stereocenters. The molecule has 7 nitrogen and oxygen atoms in total. The summed E-state index contributed by atoms with van der Waals surface area (Å²) in [5, 5.41) is 3.05. The number of amides is 2. The zero-order valence-electron chi connectivity index (χ0n) is 21.1. The normalized spacial score (nSPS) is 11.9. The maximum atomic E-state index is 13.6. The highest BCUT2D eigenvalue weighted by Gasteiger charge is 2.24. The summed E-state index contributed by atoms with van der Waals surface area (Å²) in [6, 6.07) is 24.4. The molecular weight excluding hydrogens is 452 g/mol. The minimum absolute atomic E-state index is 0.0141. The van der Waals surface area contributed by atoms with Crippen LogP contribution in [0.1, 0.15) is 38.2 Å². The van der Waals surface area contributed by atoms with Gasteiger partial charge in [0.1, 0.15) is 18.1 Å². The Balaban J connectivity index is 1.57. The average Bonchev–Trinajstić information content (AvgIpc) is 3.23. The van der Waals surface area contributed by atoms with E-state index in [0.29, 0.717) is 5.82 Å². The Morgan fingerprint density at radius 1 is 0.944 bits per heavy atom. The van der Waals surface area contributed by atoms with Crippen molar-refractivity contribution in [2.45, 2.75) is 45.8 Å². The van der Waals surface area contributed by atoms with Crippen molar-refractivity contribution in [3.8, 4) is 5.75 Å². The number of methoxy groups -OCH3 is 1. The summed E-state index contributed by atoms with van der Waals surface area (Å²) in [5.41, 5.74) is 3.38. The van der Waals surface area contributed by atoms with E-state index in [1.54, 1.807) is 12.0 Å². The minimum Gasteiger partial charge on any atom is -0.497 e. The molecule has 2 amide bonds. The Labute approximate surface area is 211 Å². The van der Waals surface area contributed by atoms with Crippen LogP contribution >= 0.6 is 0 Å². The predicted molar refractivity (Wildman–Crippen MR) is 142 cm³/mol. The lowest BCUT2D eigenvalue weighted by Crippen LogP contribution is -2.40. The number of para-hydroxylation sites is 3. The van der Waals surface area contributed by atoms with Gasteiger partial charge in [-0.2, -0.15) is 0 Å². The van der Waals surface area contributed by atoms with Crippen molar-refractivity contribution in [1.29, 1.82) is 0 Å². The summed E-state index contributed by atoms with van der Waals surface area (Å²) in [6.45, 7) is 6.01. The standard InChI is InChI=1S/C29H32N4O3/c1-20(2)33(23-10-6-5-7-11-23)28(35)19-32-26-13-9-8-12-25(26)31-29(32)21(3)30-27(34)18-22-14-16-24(36-4)17-15-22/h5-17,20-21H,18-19H2,1-4H3,(H,30,34). The molecule has 1 atom stereocenters. The first kappa shape index (κ1) is 25.0. The van der Waals surface area contributed by atoms with Crippen molar-refractivity contribution in [2.75, 3.05) is 12.0 Å². The Morgan fingerprint density at radius 2 is 1.61 bits per heavy atom. The number of fused-ring (bicyclic) bond motifs is 1. The number of hydrogen-bond donors (Lipinski definition) is 1. The van der Waals surface area contributed by atoms with Gasteiger partial charge in [-0.15, -0.1) is 0 Å². The Hall–Kier alpha value is -4.13. The molecule has 0 spiro atoms. The van der Waals surface area contributed by atoms with E-state index in [0.717, 1.165) is 28.0 Å². The summed E-state index contributed by atoms with van der Waals surface area (Å²) in [5.74, 6) is 1.23. The second kappa shape index (κ2) is 11.1. The van der Waals surface area contributed by atoms with Gasteiger partial charge < -0.3 is 19.5 Å². The third-order valence-corrected chi connectivity index (χ3v) is 6.09. The zero-order valence-corrected chi connectivity index (χ0v) is 21.1. The van der Waals surface area contributed by atoms with Gasteiger partial charge in [-0.25, -0.2) is 4.98 Å². The van der Waals surface area contributed by atoms with Crippen molar-refractivity contribution in [1.82, 2.24) is 14.9 Å². The maximum Gasteiger partial charge on any atom is 0.247 e. The van der Waals surface area contributed by atoms with E-state index in [-0.39, 0.29) is 36.9 Å². The molecule has 4 aromatic rings. The molecule has 0 radical (unpaired) electrons. The third-order valence-electron chi connectivity index (χ3n) is 6.09. The number of nitrogens with zero attached hydrogens (tertiary/aromatic N) is 3. The quantitative estimate of drug-likeness (QED) is 0.366. The van der Waals surface area contributed by atoms with Gasteiger partial charge in [0.2, 0.25) is 11.8 Å². The highest BCUT2D eigenvalue weighted by Crippen LogP contribution is 2.23. The van der Waals surface area contributed by atoms with Gasteiger partial charge in [0.25, 0.3) is 0 Å². The van der Waals surface area contributed by atoms with Gasteiger partial charge in [0.05, 0.1) is 30.6 Å². The smallest absolute Gasteiger partial charge is 0.247 e. The zero-order chi connectivity index (χ0) is 25.7. The molecule has 0 bridgehead atoms. The molecule has 1 heterocycles. The van der Waals surface area contributed by atoms with Gasteiger partial charge in [-0.1, -0.05) is 42.5 Å². The molecule has 0 saturated carbocycles. The van der Waals surface area contributed by atoms with Gasteiger partial charge in [-0.3, -0.25) is 9.59 Å². The number of carbonyl (C=O) groups is 2. The summed E-state index contributed by atoms with van der Waals surface area (Å²) in [4.78, 5) is 33.0. The fourth-order valence-electron chi connectivity index (χ4n) is 4.41. The Bertz CT molecular complexity index is 1330. The maximum absolute atomic E-state index is 13.6. The van der Waals surface area contributed by atoms with Crippen LogP contribution in [0, 0.1) is 0 Å². The first-order valence-corrected chi connectivity index (χ1v) is 12.1. The van der Waals surface area contributed by atoms with Crippen LogP contribution in [-0.4, -0.2) is 34.5 Å². The molecule has 0 aliphatic heterocycles. The predicted octanol–water partition coefficient (Wildman–Crippen LogP) is 4.91. The van der Waals surface area contributed by atoms with Crippen LogP contribution in [0.3, 0.4) is 0 Å². The third kappa shape index (κ3) is 5.57. The molecule has 7 heteroatoms. The number of imidazole rings is 1. The highest BCUT2D eigenvalue weighted by atomic mass is 16.5. The molecule has 0 aliphatic rings. The van der Waals surface area contributed by atoms with Gasteiger partial charge in [0.15, 0.2) is 0 Å². The number of aromatic nitrogens is 2. The van der Waals surface area contributed by atoms with E-state index in [2.05, 4.69) is 5.32 Å². The van der Waals surface area contributed by atoms with Crippen LogP contribution in [0.15, 0.2) is 78.9 Å². The number of anilines is 1. The second-order valence-electron chi connectivity index (χ2n) is 9.05. The van der Waals surface area contributed by atoms with Crippen LogP contribution in [0.2, 0.25) is 0 Å². The lowest BCUT2D eigenvalue weighted by molar-refractivity contribution is -0.121. The second-order valence-corrected chi connectivity index (χ2v) is 9.05.